The van der Waals surface area contributed by atoms with Gasteiger partial charge in [0.1, 0.15) is 18.5 Å². The minimum atomic E-state index is -1.30. The van der Waals surface area contributed by atoms with Gasteiger partial charge in [-0.3, -0.25) is 20.0 Å². The first kappa shape index (κ1) is 40.2. The third-order valence-corrected chi connectivity index (χ3v) is 8.81. The molecule has 1 heterocycles. The number of aliphatic imine (C=N–C) groups is 1. The minimum Gasteiger partial charge on any atom is -0.492 e. The van der Waals surface area contributed by atoms with Gasteiger partial charge in [-0.05, 0) is 72.7 Å². The highest BCUT2D eigenvalue weighted by atomic mass is 35.5. The molecular formula is C37H49ClN8O6. The molecule has 0 bridgehead atoms. The zero-order valence-electron chi connectivity index (χ0n) is 29.1. The summed E-state index contributed by atoms with van der Waals surface area (Å²) in [4.78, 5) is 26.3. The quantitative estimate of drug-likeness (QED) is 0.0371. The van der Waals surface area contributed by atoms with Crippen LogP contribution in [0.4, 0.5) is 11.6 Å². The van der Waals surface area contributed by atoms with Crippen molar-refractivity contribution in [1.82, 2.24) is 20.2 Å². The number of hydrogen-bond donors (Lipinski definition) is 8. The van der Waals surface area contributed by atoms with Gasteiger partial charge in [-0.2, -0.15) is 0 Å². The first-order valence-corrected chi connectivity index (χ1v) is 17.7. The first-order valence-electron chi connectivity index (χ1n) is 17.3. The highest BCUT2D eigenvalue weighted by molar-refractivity contribution is 6.31. The molecule has 0 aliphatic carbocycles. The molecule has 280 valence electrons. The fraction of sp³-hybridized carbons (Fsp3) is 0.405. The Bertz CT molecular complexity index is 1760. The van der Waals surface area contributed by atoms with E-state index in [0.29, 0.717) is 26.2 Å². The molecule has 0 aliphatic heterocycles. The zero-order chi connectivity index (χ0) is 37.5. The van der Waals surface area contributed by atoms with Gasteiger partial charge in [0, 0.05) is 26.1 Å². The number of nitrogens with one attached hydrogen (secondary N) is 1. The maximum absolute atomic E-state index is 12.4. The highest BCUT2D eigenvalue weighted by Gasteiger charge is 2.21. The zero-order valence-corrected chi connectivity index (χ0v) is 29.8. The molecule has 52 heavy (non-hydrogen) atoms. The number of unbranched alkanes of at least 4 members (excludes halogenated alkanes) is 1. The number of halogens is 1. The summed E-state index contributed by atoms with van der Waals surface area (Å²) in [6, 6.07) is 22.5. The Morgan fingerprint density at radius 2 is 1.65 bits per heavy atom. The number of rotatable bonds is 20. The van der Waals surface area contributed by atoms with Crippen LogP contribution in [-0.2, 0) is 12.8 Å². The number of fused-ring (bicyclic) bond motifs is 1. The number of anilines is 2. The number of benzene rings is 3. The molecule has 15 heteroatoms. The Hall–Kier alpha value is -4.57. The summed E-state index contributed by atoms with van der Waals surface area (Å²) in [5.41, 5.74) is 19.3. The molecule has 4 aromatic rings. The van der Waals surface area contributed by atoms with Crippen LogP contribution in [0.3, 0.4) is 0 Å². The average Bonchev–Trinajstić information content (AvgIpc) is 3.13. The fourth-order valence-electron chi connectivity index (χ4n) is 5.74. The predicted molar refractivity (Wildman–Crippen MR) is 203 cm³/mol. The maximum atomic E-state index is 12.4. The van der Waals surface area contributed by atoms with Crippen LogP contribution in [0.5, 0.6) is 5.75 Å². The maximum Gasteiger partial charge on any atom is 0.280 e. The number of ether oxygens (including phenoxy) is 1. The molecule has 14 nitrogen and oxygen atoms in total. The van der Waals surface area contributed by atoms with Gasteiger partial charge in [-0.25, -0.2) is 9.97 Å². The Morgan fingerprint density at radius 3 is 2.42 bits per heavy atom. The molecule has 0 radical (unpaired) electrons. The van der Waals surface area contributed by atoms with E-state index in [4.69, 9.17) is 38.6 Å². The van der Waals surface area contributed by atoms with Crippen LogP contribution in [0.1, 0.15) is 47.3 Å². The molecule has 11 N–H and O–H groups in total. The molecule has 0 spiro atoms. The third kappa shape index (κ3) is 12.6. The van der Waals surface area contributed by atoms with E-state index >= 15 is 0 Å². The largest absolute Gasteiger partial charge is 0.492 e. The lowest BCUT2D eigenvalue weighted by molar-refractivity contribution is -0.0408. The molecular weight excluding hydrogens is 688 g/mol. The van der Waals surface area contributed by atoms with Crippen LogP contribution < -0.4 is 27.3 Å². The summed E-state index contributed by atoms with van der Waals surface area (Å²) in [7, 11) is 0. The van der Waals surface area contributed by atoms with E-state index in [0.717, 1.165) is 43.4 Å². The van der Waals surface area contributed by atoms with Crippen molar-refractivity contribution in [2.24, 2.45) is 10.7 Å². The summed E-state index contributed by atoms with van der Waals surface area (Å²) in [5.74, 6) is -0.281. The van der Waals surface area contributed by atoms with Gasteiger partial charge >= 0.3 is 0 Å². The SMILES string of the molecule is NC(=NCCCCc1ccc(OCCN(CCCc2cccc3ccccc23)C[C@H](O)C[C@H](O)[C@H](O)CO)cc1)NC(=O)c1nc(Cl)c(N)nc1N. The number of nitrogens with two attached hydrogens (primary N) is 3. The van der Waals surface area contributed by atoms with Crippen LogP contribution in [-0.4, -0.2) is 105 Å². The highest BCUT2D eigenvalue weighted by Crippen LogP contribution is 2.21. The molecule has 1 amide bonds. The lowest BCUT2D eigenvalue weighted by Gasteiger charge is -2.27. The summed E-state index contributed by atoms with van der Waals surface area (Å²) < 4.78 is 6.04. The number of carbonyl (C=O) groups is 1. The summed E-state index contributed by atoms with van der Waals surface area (Å²) in [5, 5.41) is 44.4. The number of hydrogen-bond acceptors (Lipinski definition) is 12. The molecule has 0 fully saturated rings. The number of guanidine groups is 1. The van der Waals surface area contributed by atoms with Crippen molar-refractivity contribution in [2.45, 2.75) is 56.8 Å². The fourth-order valence-corrected chi connectivity index (χ4v) is 5.86. The summed E-state index contributed by atoms with van der Waals surface area (Å²) in [6.07, 6.45) is 0.659. The second-order valence-electron chi connectivity index (χ2n) is 12.6. The first-order chi connectivity index (χ1) is 25.0. The van der Waals surface area contributed by atoms with Gasteiger partial charge in [0.2, 0.25) is 0 Å². The van der Waals surface area contributed by atoms with Crippen LogP contribution in [0.15, 0.2) is 71.7 Å². The molecule has 3 atom stereocenters. The lowest BCUT2D eigenvalue weighted by Crippen LogP contribution is -2.40. The van der Waals surface area contributed by atoms with Crippen LogP contribution >= 0.6 is 11.6 Å². The number of aliphatic hydroxyl groups excluding tert-OH is 4. The number of amides is 1. The molecule has 3 aromatic carbocycles. The topological polar surface area (TPSA) is 239 Å². The number of nitrogen functional groups attached to an aromatic ring is 2. The molecule has 4 rings (SSSR count). The molecule has 0 saturated carbocycles. The van der Waals surface area contributed by atoms with Gasteiger partial charge in [0.25, 0.3) is 5.91 Å². The van der Waals surface area contributed by atoms with Crippen molar-refractivity contribution < 1.29 is 30.0 Å². The molecule has 0 saturated heterocycles. The number of nitrogens with zero attached hydrogens (tertiary/aromatic N) is 4. The van der Waals surface area contributed by atoms with Gasteiger partial charge in [0.15, 0.2) is 28.4 Å². The van der Waals surface area contributed by atoms with Crippen molar-refractivity contribution >= 4 is 45.9 Å². The van der Waals surface area contributed by atoms with Crippen molar-refractivity contribution in [3.05, 3.63) is 88.7 Å². The molecule has 0 unspecified atom stereocenters. The van der Waals surface area contributed by atoms with Gasteiger partial charge in [-0.15, -0.1) is 0 Å². The van der Waals surface area contributed by atoms with E-state index in [2.05, 4.69) is 55.5 Å². The van der Waals surface area contributed by atoms with Crippen molar-refractivity contribution in [2.75, 3.05) is 50.9 Å². The van der Waals surface area contributed by atoms with Gasteiger partial charge in [-0.1, -0.05) is 66.2 Å². The third-order valence-electron chi connectivity index (χ3n) is 8.53. The normalized spacial score (nSPS) is 13.6. The lowest BCUT2D eigenvalue weighted by atomic mass is 10.0. The second-order valence-corrected chi connectivity index (χ2v) is 12.9. The second kappa shape index (κ2) is 20.5. The van der Waals surface area contributed by atoms with Gasteiger partial charge in [0.05, 0.1) is 18.8 Å². The number of aryl methyl sites for hydroxylation is 2. The van der Waals surface area contributed by atoms with E-state index in [1.165, 1.54) is 16.3 Å². The van der Waals surface area contributed by atoms with E-state index in [9.17, 15) is 20.1 Å². The number of carbonyl (C=O) groups excluding carboxylic acids is 1. The van der Waals surface area contributed by atoms with Gasteiger partial charge < -0.3 is 42.4 Å². The van der Waals surface area contributed by atoms with E-state index in [-0.39, 0.29) is 41.4 Å². The van der Waals surface area contributed by atoms with Crippen LogP contribution in [0.2, 0.25) is 5.15 Å². The number of aliphatic hydroxyl groups is 4. The smallest absolute Gasteiger partial charge is 0.280 e. The van der Waals surface area contributed by atoms with Crippen molar-refractivity contribution in [3.8, 4) is 5.75 Å². The molecule has 1 aromatic heterocycles. The summed E-state index contributed by atoms with van der Waals surface area (Å²) in [6.45, 7) is 1.76. The number of aromatic nitrogens is 2. The van der Waals surface area contributed by atoms with E-state index in [1.54, 1.807) is 0 Å². The monoisotopic (exact) mass is 736 g/mol. The van der Waals surface area contributed by atoms with Crippen molar-refractivity contribution in [3.63, 3.8) is 0 Å². The van der Waals surface area contributed by atoms with Crippen molar-refractivity contribution in [1.29, 1.82) is 0 Å². The minimum absolute atomic E-state index is 0.0500. The Kier molecular flexibility index (Phi) is 15.8. The summed E-state index contributed by atoms with van der Waals surface area (Å²) >= 11 is 5.83. The Labute approximate surface area is 308 Å². The van der Waals surface area contributed by atoms with E-state index in [1.807, 2.05) is 36.4 Å². The standard InChI is InChI=1S/C37H49ClN8O6/c38-33-35(40)44-34(39)32(43-33)36(51)45-37(41)42-17-4-3-7-24-13-15-28(16-14-24)52-20-19-46(22-27(48)21-30(49)31(50)23-47)18-6-11-26-10-5-9-25-8-1-2-12-29(25)26/h1-2,5,8-10,12-16,27,30-31,47-50H,3-4,6-7,11,17-23H2,(H4,39,40,44)(H3,41,42,45,51)/t27-,30+,31-/m1/s1. The predicted octanol–water partition coefficient (Wildman–Crippen LogP) is 2.29. The average molecular weight is 737 g/mol. The van der Waals surface area contributed by atoms with Crippen LogP contribution in [0.25, 0.3) is 10.8 Å². The Balaban J connectivity index is 1.21. The van der Waals surface area contributed by atoms with E-state index < -0.39 is 30.8 Å². The van der Waals surface area contributed by atoms with Crippen LogP contribution in [0, 0.1) is 0 Å². The Morgan fingerprint density at radius 1 is 0.904 bits per heavy atom. The molecule has 0 aliphatic rings.